The molecule has 0 radical (unpaired) electrons. The summed E-state index contributed by atoms with van der Waals surface area (Å²) in [5, 5.41) is 3.62. The van der Waals surface area contributed by atoms with Crippen LogP contribution < -0.4 is 5.32 Å². The Morgan fingerprint density at radius 3 is 2.56 bits per heavy atom. The fourth-order valence-electron chi connectivity index (χ4n) is 2.45. The van der Waals surface area contributed by atoms with Gasteiger partial charge in [-0.3, -0.25) is 0 Å². The van der Waals surface area contributed by atoms with Crippen molar-refractivity contribution in [3.8, 4) is 0 Å². The number of ether oxygens (including phenoxy) is 2. The van der Waals surface area contributed by atoms with E-state index in [1.165, 1.54) is 25.7 Å². The summed E-state index contributed by atoms with van der Waals surface area (Å²) in [6, 6.07) is 0.474. The van der Waals surface area contributed by atoms with Gasteiger partial charge in [-0.1, -0.05) is 33.6 Å². The van der Waals surface area contributed by atoms with Crippen molar-refractivity contribution in [2.75, 3.05) is 33.0 Å². The van der Waals surface area contributed by atoms with E-state index < -0.39 is 0 Å². The highest BCUT2D eigenvalue weighted by Gasteiger charge is 2.25. The van der Waals surface area contributed by atoms with Crippen molar-refractivity contribution in [1.29, 1.82) is 0 Å². The Balaban J connectivity index is 2.26. The van der Waals surface area contributed by atoms with E-state index in [1.807, 2.05) is 0 Å². The summed E-state index contributed by atoms with van der Waals surface area (Å²) in [5.41, 5.74) is 0. The molecule has 0 bridgehead atoms. The molecule has 0 aromatic carbocycles. The molecule has 1 aliphatic rings. The maximum absolute atomic E-state index is 5.93. The van der Waals surface area contributed by atoms with Crippen LogP contribution in [0.5, 0.6) is 0 Å². The first-order valence-electron chi connectivity index (χ1n) is 7.70. The fourth-order valence-corrected chi connectivity index (χ4v) is 2.45. The molecule has 3 nitrogen and oxygen atoms in total. The molecule has 0 amide bonds. The lowest BCUT2D eigenvalue weighted by Crippen LogP contribution is -2.41. The van der Waals surface area contributed by atoms with Crippen LogP contribution in [0, 0.1) is 11.8 Å². The quantitative estimate of drug-likeness (QED) is 0.653. The minimum absolute atomic E-state index is 0.474. The van der Waals surface area contributed by atoms with E-state index >= 15 is 0 Å². The maximum atomic E-state index is 5.93. The predicted octanol–water partition coefficient (Wildman–Crippen LogP) is 2.84. The molecule has 0 aromatic rings. The average Bonchev–Trinajstić information content (AvgIpc) is 2.92. The molecule has 3 heteroatoms. The van der Waals surface area contributed by atoms with Gasteiger partial charge < -0.3 is 14.8 Å². The summed E-state index contributed by atoms with van der Waals surface area (Å²) in [6.45, 7) is 11.3. The molecule has 1 saturated heterocycles. The van der Waals surface area contributed by atoms with E-state index in [1.54, 1.807) is 0 Å². The molecule has 0 spiro atoms. The third kappa shape index (κ3) is 5.68. The number of nitrogens with one attached hydrogen (secondary N) is 1. The minimum Gasteiger partial charge on any atom is -0.381 e. The SMILES string of the molecule is CCCNC(COCC(CC)CC)C1CCOC1. The number of rotatable bonds is 10. The summed E-state index contributed by atoms with van der Waals surface area (Å²) >= 11 is 0. The predicted molar refractivity (Wildman–Crippen MR) is 75.9 cm³/mol. The molecule has 1 rings (SSSR count). The van der Waals surface area contributed by atoms with E-state index in [-0.39, 0.29) is 0 Å². The zero-order valence-electron chi connectivity index (χ0n) is 12.4. The highest BCUT2D eigenvalue weighted by Crippen LogP contribution is 2.18. The van der Waals surface area contributed by atoms with Gasteiger partial charge >= 0.3 is 0 Å². The Bertz CT molecular complexity index is 189. The molecule has 1 N–H and O–H groups in total. The highest BCUT2D eigenvalue weighted by molar-refractivity contribution is 4.79. The Hall–Kier alpha value is -0.120. The summed E-state index contributed by atoms with van der Waals surface area (Å²) in [4.78, 5) is 0. The molecule has 2 atom stereocenters. The van der Waals surface area contributed by atoms with Gasteiger partial charge in [0.2, 0.25) is 0 Å². The smallest absolute Gasteiger partial charge is 0.0623 e. The molecule has 1 heterocycles. The van der Waals surface area contributed by atoms with Crippen molar-refractivity contribution < 1.29 is 9.47 Å². The maximum Gasteiger partial charge on any atom is 0.0623 e. The lowest BCUT2D eigenvalue weighted by Gasteiger charge is -2.24. The standard InChI is InChI=1S/C15H31NO2/c1-4-8-16-15(14-7-9-17-11-14)12-18-10-13(5-2)6-3/h13-16H,4-12H2,1-3H3. The van der Waals surface area contributed by atoms with Gasteiger partial charge in [0.15, 0.2) is 0 Å². The van der Waals surface area contributed by atoms with Crippen molar-refractivity contribution in [2.45, 2.75) is 52.5 Å². The fraction of sp³-hybridized carbons (Fsp3) is 1.00. The number of hydrogen-bond acceptors (Lipinski definition) is 3. The van der Waals surface area contributed by atoms with Gasteiger partial charge in [0.05, 0.1) is 13.2 Å². The molecule has 108 valence electrons. The van der Waals surface area contributed by atoms with Gasteiger partial charge in [-0.2, -0.15) is 0 Å². The largest absolute Gasteiger partial charge is 0.381 e. The van der Waals surface area contributed by atoms with Crippen LogP contribution in [-0.2, 0) is 9.47 Å². The summed E-state index contributed by atoms with van der Waals surface area (Å²) in [7, 11) is 0. The van der Waals surface area contributed by atoms with Crippen molar-refractivity contribution in [2.24, 2.45) is 11.8 Å². The normalized spacial score (nSPS) is 21.7. The van der Waals surface area contributed by atoms with Crippen LogP contribution in [-0.4, -0.2) is 39.0 Å². The summed E-state index contributed by atoms with van der Waals surface area (Å²) in [5.74, 6) is 1.36. The summed E-state index contributed by atoms with van der Waals surface area (Å²) in [6.07, 6.45) is 4.79. The van der Waals surface area contributed by atoms with E-state index in [0.717, 1.165) is 38.9 Å². The van der Waals surface area contributed by atoms with Crippen molar-refractivity contribution in [3.05, 3.63) is 0 Å². The summed E-state index contributed by atoms with van der Waals surface area (Å²) < 4.78 is 11.4. The van der Waals surface area contributed by atoms with Crippen molar-refractivity contribution >= 4 is 0 Å². The van der Waals surface area contributed by atoms with Gasteiger partial charge in [-0.15, -0.1) is 0 Å². The zero-order chi connectivity index (χ0) is 13.2. The molecule has 0 aromatic heterocycles. The topological polar surface area (TPSA) is 30.5 Å². The van der Waals surface area contributed by atoms with Gasteiger partial charge in [0, 0.05) is 25.2 Å². The third-order valence-electron chi connectivity index (χ3n) is 4.00. The third-order valence-corrected chi connectivity index (χ3v) is 4.00. The zero-order valence-corrected chi connectivity index (χ0v) is 12.4. The first-order valence-corrected chi connectivity index (χ1v) is 7.70. The van der Waals surface area contributed by atoms with Gasteiger partial charge in [0.1, 0.15) is 0 Å². The van der Waals surface area contributed by atoms with Gasteiger partial charge in [-0.25, -0.2) is 0 Å². The second-order valence-electron chi connectivity index (χ2n) is 5.40. The van der Waals surface area contributed by atoms with E-state index in [0.29, 0.717) is 12.0 Å². The molecule has 1 aliphatic heterocycles. The second kappa shape index (κ2) is 9.76. The van der Waals surface area contributed by atoms with Crippen molar-refractivity contribution in [1.82, 2.24) is 5.32 Å². The van der Waals surface area contributed by atoms with Crippen molar-refractivity contribution in [3.63, 3.8) is 0 Å². The van der Waals surface area contributed by atoms with Gasteiger partial charge in [0.25, 0.3) is 0 Å². The lowest BCUT2D eigenvalue weighted by molar-refractivity contribution is 0.0620. The average molecular weight is 257 g/mol. The molecule has 2 unspecified atom stereocenters. The van der Waals surface area contributed by atoms with E-state index in [9.17, 15) is 0 Å². The Labute approximate surface area is 113 Å². The van der Waals surface area contributed by atoms with Crippen LogP contribution in [0.25, 0.3) is 0 Å². The van der Waals surface area contributed by atoms with E-state index in [2.05, 4.69) is 26.1 Å². The molecular formula is C15H31NO2. The Kier molecular flexibility index (Phi) is 8.64. The molecule has 18 heavy (non-hydrogen) atoms. The first-order chi connectivity index (χ1) is 8.81. The Morgan fingerprint density at radius 1 is 1.22 bits per heavy atom. The number of hydrogen-bond donors (Lipinski definition) is 1. The van der Waals surface area contributed by atoms with Crippen LogP contribution in [0.3, 0.4) is 0 Å². The van der Waals surface area contributed by atoms with E-state index in [4.69, 9.17) is 9.47 Å². The molecule has 1 fully saturated rings. The molecule has 0 saturated carbocycles. The lowest BCUT2D eigenvalue weighted by atomic mass is 9.99. The van der Waals surface area contributed by atoms with Crippen LogP contribution in [0.15, 0.2) is 0 Å². The molecular weight excluding hydrogens is 226 g/mol. The minimum atomic E-state index is 0.474. The van der Waals surface area contributed by atoms with Gasteiger partial charge in [-0.05, 0) is 25.3 Å². The Morgan fingerprint density at radius 2 is 2.00 bits per heavy atom. The molecule has 0 aliphatic carbocycles. The van der Waals surface area contributed by atoms with Crippen LogP contribution in [0.1, 0.15) is 46.5 Å². The monoisotopic (exact) mass is 257 g/mol. The highest BCUT2D eigenvalue weighted by atomic mass is 16.5. The first kappa shape index (κ1) is 15.9. The van der Waals surface area contributed by atoms with Crippen LogP contribution in [0.2, 0.25) is 0 Å². The van der Waals surface area contributed by atoms with Crippen LogP contribution >= 0.6 is 0 Å². The van der Waals surface area contributed by atoms with Crippen LogP contribution in [0.4, 0.5) is 0 Å². The second-order valence-corrected chi connectivity index (χ2v) is 5.40.